The van der Waals surface area contributed by atoms with Crippen LogP contribution in [0, 0.1) is 6.92 Å². The van der Waals surface area contributed by atoms with Gasteiger partial charge in [-0.2, -0.15) is 0 Å². The molecule has 0 fully saturated rings. The number of carbonyl (C=O) groups excluding carboxylic acids is 1. The highest BCUT2D eigenvalue weighted by molar-refractivity contribution is 7.15. The van der Waals surface area contributed by atoms with E-state index in [1.54, 1.807) is 6.07 Å². The Kier molecular flexibility index (Phi) is 5.02. The Morgan fingerprint density at radius 2 is 2.10 bits per heavy atom. The van der Waals surface area contributed by atoms with Crippen LogP contribution in [0.15, 0.2) is 18.2 Å². The number of nitrogens with zero attached hydrogens (tertiary/aromatic N) is 1. The predicted molar refractivity (Wildman–Crippen MR) is 85.0 cm³/mol. The van der Waals surface area contributed by atoms with E-state index in [4.69, 9.17) is 23.2 Å². The molecule has 0 bridgehead atoms. The van der Waals surface area contributed by atoms with Gasteiger partial charge in [-0.25, -0.2) is 4.98 Å². The molecule has 1 aromatic carbocycles. The van der Waals surface area contributed by atoms with Crippen molar-refractivity contribution in [2.24, 2.45) is 0 Å². The molecular weight excluding hydrogens is 315 g/mol. The molecule has 20 heavy (non-hydrogen) atoms. The smallest absolute Gasteiger partial charge is 0.225 e. The molecule has 0 saturated carbocycles. The predicted octanol–water partition coefficient (Wildman–Crippen LogP) is 4.70. The van der Waals surface area contributed by atoms with Crippen LogP contribution in [0.1, 0.15) is 29.5 Å². The number of nitrogens with one attached hydrogen (secondary N) is 1. The van der Waals surface area contributed by atoms with Crippen LogP contribution in [0.2, 0.25) is 10.0 Å². The molecule has 0 aliphatic carbocycles. The van der Waals surface area contributed by atoms with Crippen molar-refractivity contribution in [1.29, 1.82) is 0 Å². The average Bonchev–Trinajstić information content (AvgIpc) is 2.74. The van der Waals surface area contributed by atoms with E-state index in [-0.39, 0.29) is 5.91 Å². The second-order valence-electron chi connectivity index (χ2n) is 4.35. The maximum absolute atomic E-state index is 11.4. The van der Waals surface area contributed by atoms with Crippen LogP contribution in [0.25, 0.3) is 0 Å². The van der Waals surface area contributed by atoms with Gasteiger partial charge in [-0.3, -0.25) is 4.79 Å². The Morgan fingerprint density at radius 3 is 2.75 bits per heavy atom. The fourth-order valence-electron chi connectivity index (χ4n) is 1.69. The lowest BCUT2D eigenvalue weighted by molar-refractivity contribution is -0.115. The number of amides is 1. The number of aromatic nitrogens is 1. The highest BCUT2D eigenvalue weighted by Crippen LogP contribution is 2.28. The van der Waals surface area contributed by atoms with Gasteiger partial charge in [-0.1, -0.05) is 36.2 Å². The second kappa shape index (κ2) is 6.57. The average molecular weight is 329 g/mol. The first kappa shape index (κ1) is 15.3. The van der Waals surface area contributed by atoms with E-state index in [1.165, 1.54) is 11.3 Å². The van der Waals surface area contributed by atoms with E-state index in [0.717, 1.165) is 22.6 Å². The maximum atomic E-state index is 11.4. The molecule has 0 unspecified atom stereocenters. The highest BCUT2D eigenvalue weighted by atomic mass is 35.5. The van der Waals surface area contributed by atoms with Gasteiger partial charge < -0.3 is 5.32 Å². The molecule has 1 aromatic heterocycles. The van der Waals surface area contributed by atoms with Gasteiger partial charge in [0.15, 0.2) is 5.13 Å². The van der Waals surface area contributed by atoms with Gasteiger partial charge in [0, 0.05) is 17.7 Å². The standard InChI is InChI=1S/C14H14Cl2N2OS/c1-3-13(19)18-14-17-8(2)12(20-14)7-9-4-5-10(15)11(16)6-9/h4-6H,3,7H2,1-2H3,(H,17,18,19). The van der Waals surface area contributed by atoms with E-state index in [0.29, 0.717) is 21.6 Å². The summed E-state index contributed by atoms with van der Waals surface area (Å²) in [5.41, 5.74) is 1.99. The van der Waals surface area contributed by atoms with Crippen LogP contribution in [0.5, 0.6) is 0 Å². The van der Waals surface area contributed by atoms with Crippen molar-refractivity contribution < 1.29 is 4.79 Å². The molecule has 0 radical (unpaired) electrons. The molecule has 0 aliphatic heterocycles. The van der Waals surface area contributed by atoms with Crippen molar-refractivity contribution in [3.8, 4) is 0 Å². The lowest BCUT2D eigenvalue weighted by atomic mass is 10.1. The number of anilines is 1. The third kappa shape index (κ3) is 3.72. The Bertz CT molecular complexity index is 640. The molecule has 0 atom stereocenters. The molecule has 1 heterocycles. The SMILES string of the molecule is CCC(=O)Nc1nc(C)c(Cc2ccc(Cl)c(Cl)c2)s1. The number of carbonyl (C=O) groups is 1. The van der Waals surface area contributed by atoms with Crippen LogP contribution < -0.4 is 5.32 Å². The van der Waals surface area contributed by atoms with Gasteiger partial charge in [0.1, 0.15) is 0 Å². The first-order chi connectivity index (χ1) is 9.49. The van der Waals surface area contributed by atoms with E-state index in [9.17, 15) is 4.79 Å². The molecule has 0 spiro atoms. The summed E-state index contributed by atoms with van der Waals surface area (Å²) < 4.78 is 0. The molecule has 2 aromatic rings. The number of benzene rings is 1. The number of rotatable bonds is 4. The summed E-state index contributed by atoms with van der Waals surface area (Å²) >= 11 is 13.4. The summed E-state index contributed by atoms with van der Waals surface area (Å²) in [5.74, 6) is -0.0279. The summed E-state index contributed by atoms with van der Waals surface area (Å²) in [7, 11) is 0. The van der Waals surface area contributed by atoms with E-state index in [1.807, 2.05) is 26.0 Å². The Labute approximate surface area is 131 Å². The van der Waals surface area contributed by atoms with Crippen molar-refractivity contribution >= 4 is 45.6 Å². The Morgan fingerprint density at radius 1 is 1.35 bits per heavy atom. The van der Waals surface area contributed by atoms with Gasteiger partial charge >= 0.3 is 0 Å². The number of aryl methyl sites for hydroxylation is 1. The van der Waals surface area contributed by atoms with Gasteiger partial charge in [0.2, 0.25) is 5.91 Å². The maximum Gasteiger partial charge on any atom is 0.225 e. The molecule has 3 nitrogen and oxygen atoms in total. The van der Waals surface area contributed by atoms with E-state index < -0.39 is 0 Å². The minimum atomic E-state index is -0.0279. The van der Waals surface area contributed by atoms with Crippen molar-refractivity contribution in [1.82, 2.24) is 4.98 Å². The number of hydrogen-bond donors (Lipinski definition) is 1. The summed E-state index contributed by atoms with van der Waals surface area (Å²) in [6.45, 7) is 3.75. The van der Waals surface area contributed by atoms with Crippen LogP contribution in [-0.4, -0.2) is 10.9 Å². The monoisotopic (exact) mass is 328 g/mol. The normalized spacial score (nSPS) is 10.6. The van der Waals surface area contributed by atoms with Gasteiger partial charge in [-0.15, -0.1) is 11.3 Å². The molecular formula is C14H14Cl2N2OS. The van der Waals surface area contributed by atoms with Crippen LogP contribution in [0.3, 0.4) is 0 Å². The van der Waals surface area contributed by atoms with Crippen molar-refractivity contribution in [2.75, 3.05) is 5.32 Å². The van der Waals surface area contributed by atoms with Crippen LogP contribution in [-0.2, 0) is 11.2 Å². The topological polar surface area (TPSA) is 42.0 Å². The molecule has 6 heteroatoms. The van der Waals surface area contributed by atoms with Gasteiger partial charge in [0.05, 0.1) is 15.7 Å². The zero-order chi connectivity index (χ0) is 14.7. The molecule has 106 valence electrons. The Balaban J connectivity index is 2.16. The minimum Gasteiger partial charge on any atom is -0.302 e. The fourth-order valence-corrected chi connectivity index (χ4v) is 3.02. The summed E-state index contributed by atoms with van der Waals surface area (Å²) in [6, 6.07) is 5.58. The van der Waals surface area contributed by atoms with E-state index >= 15 is 0 Å². The molecule has 0 saturated heterocycles. The highest BCUT2D eigenvalue weighted by Gasteiger charge is 2.11. The lowest BCUT2D eigenvalue weighted by Crippen LogP contribution is -2.08. The Hall–Kier alpha value is -1.10. The summed E-state index contributed by atoms with van der Waals surface area (Å²) in [5, 5.41) is 4.52. The summed E-state index contributed by atoms with van der Waals surface area (Å²) in [4.78, 5) is 16.8. The number of hydrogen-bond acceptors (Lipinski definition) is 3. The second-order valence-corrected chi connectivity index (χ2v) is 6.25. The lowest BCUT2D eigenvalue weighted by Gasteiger charge is -2.02. The van der Waals surface area contributed by atoms with Crippen molar-refractivity contribution in [2.45, 2.75) is 26.7 Å². The van der Waals surface area contributed by atoms with Gasteiger partial charge in [-0.05, 0) is 24.6 Å². The molecule has 2 rings (SSSR count). The quantitative estimate of drug-likeness (QED) is 0.883. The van der Waals surface area contributed by atoms with Crippen LogP contribution >= 0.6 is 34.5 Å². The molecule has 0 aliphatic rings. The first-order valence-corrected chi connectivity index (χ1v) is 7.77. The zero-order valence-electron chi connectivity index (χ0n) is 11.2. The van der Waals surface area contributed by atoms with Crippen molar-refractivity contribution in [3.63, 3.8) is 0 Å². The summed E-state index contributed by atoms with van der Waals surface area (Å²) in [6.07, 6.45) is 1.17. The van der Waals surface area contributed by atoms with Crippen molar-refractivity contribution in [3.05, 3.63) is 44.4 Å². The molecule has 1 amide bonds. The zero-order valence-corrected chi connectivity index (χ0v) is 13.5. The third-order valence-electron chi connectivity index (χ3n) is 2.81. The minimum absolute atomic E-state index is 0.0279. The first-order valence-electron chi connectivity index (χ1n) is 6.19. The number of thiazole rings is 1. The number of halogens is 2. The largest absolute Gasteiger partial charge is 0.302 e. The van der Waals surface area contributed by atoms with E-state index in [2.05, 4.69) is 10.3 Å². The molecule has 1 N–H and O–H groups in total. The van der Waals surface area contributed by atoms with Gasteiger partial charge in [0.25, 0.3) is 0 Å². The van der Waals surface area contributed by atoms with Crippen LogP contribution in [0.4, 0.5) is 5.13 Å². The fraction of sp³-hybridized carbons (Fsp3) is 0.286. The third-order valence-corrected chi connectivity index (χ3v) is 4.62.